The first kappa shape index (κ1) is 30.8. The molecule has 44 heavy (non-hydrogen) atoms. The van der Waals surface area contributed by atoms with E-state index in [-0.39, 0.29) is 47.2 Å². The van der Waals surface area contributed by atoms with Crippen molar-refractivity contribution < 1.29 is 28.2 Å². The summed E-state index contributed by atoms with van der Waals surface area (Å²) in [5, 5.41) is 12.7. The van der Waals surface area contributed by atoms with E-state index in [1.165, 1.54) is 35.0 Å². The summed E-state index contributed by atoms with van der Waals surface area (Å²) in [6, 6.07) is 9.64. The molecular formula is C31H35F2N5O6. The SMILES string of the molecule is CC(C)n1c(=O)c(-c2cccc(OC(C)(F)F)c2)cn(CC(=O)N2CCC(N3CCc4cc(O)ccc4NC3=O)CC2)c1=O. The number of phenols is 1. The molecule has 0 atom stereocenters. The number of ether oxygens (including phenoxy) is 1. The van der Waals surface area contributed by atoms with Crippen LogP contribution in [0.3, 0.4) is 0 Å². The van der Waals surface area contributed by atoms with Crippen molar-refractivity contribution in [3.05, 3.63) is 75.1 Å². The Balaban J connectivity index is 1.31. The van der Waals surface area contributed by atoms with Crippen molar-refractivity contribution in [2.24, 2.45) is 0 Å². The number of carbonyl (C=O) groups is 2. The highest BCUT2D eigenvalue weighted by molar-refractivity contribution is 5.91. The number of rotatable bonds is 7. The second-order valence-electron chi connectivity index (χ2n) is 11.5. The summed E-state index contributed by atoms with van der Waals surface area (Å²) in [6.45, 7) is 4.83. The number of aromatic nitrogens is 2. The average Bonchev–Trinajstić information content (AvgIpc) is 3.11. The van der Waals surface area contributed by atoms with Crippen LogP contribution in [0, 0.1) is 0 Å². The van der Waals surface area contributed by atoms with Crippen molar-refractivity contribution >= 4 is 17.6 Å². The summed E-state index contributed by atoms with van der Waals surface area (Å²) in [5.41, 5.74) is 0.582. The van der Waals surface area contributed by atoms with Gasteiger partial charge in [0, 0.05) is 50.5 Å². The third-order valence-corrected chi connectivity index (χ3v) is 7.92. The lowest BCUT2D eigenvalue weighted by molar-refractivity contribution is -0.158. The van der Waals surface area contributed by atoms with Gasteiger partial charge in [0.05, 0.1) is 5.56 Å². The minimum absolute atomic E-state index is 0.0659. The second-order valence-corrected chi connectivity index (χ2v) is 11.5. The van der Waals surface area contributed by atoms with Gasteiger partial charge < -0.3 is 25.0 Å². The lowest BCUT2D eigenvalue weighted by Crippen LogP contribution is -2.51. The minimum atomic E-state index is -3.43. The number of hydrogen-bond acceptors (Lipinski definition) is 6. The number of aromatic hydroxyl groups is 1. The lowest BCUT2D eigenvalue weighted by atomic mass is 10.0. The van der Waals surface area contributed by atoms with Crippen LogP contribution in [0.5, 0.6) is 11.5 Å². The standard InChI is InChI=1S/C31H35F2N5O6/c1-19(2)38-28(41)25(20-5-4-6-24(16-20)44-31(3,32)33)17-36(30(38)43)18-27(40)35-12-10-22(11-13-35)37-14-9-21-15-23(39)7-8-26(21)34-29(37)42/h4-8,15-17,19,22,39H,9-14,18H2,1-3H3,(H,34,42). The number of nitrogens with one attached hydrogen (secondary N) is 1. The predicted molar refractivity (Wildman–Crippen MR) is 159 cm³/mol. The monoisotopic (exact) mass is 611 g/mol. The summed E-state index contributed by atoms with van der Waals surface area (Å²) in [6.07, 6.45) is -0.479. The third kappa shape index (κ3) is 6.61. The number of fused-ring (bicyclic) bond motifs is 1. The second kappa shape index (κ2) is 12.1. The first-order valence-electron chi connectivity index (χ1n) is 14.5. The number of piperidine rings is 1. The fourth-order valence-electron chi connectivity index (χ4n) is 5.78. The van der Waals surface area contributed by atoms with Crippen molar-refractivity contribution in [1.82, 2.24) is 18.9 Å². The van der Waals surface area contributed by atoms with Gasteiger partial charge in [-0.1, -0.05) is 12.1 Å². The number of urea groups is 1. The molecule has 3 heterocycles. The number of carbonyl (C=O) groups excluding carboxylic acids is 2. The van der Waals surface area contributed by atoms with Gasteiger partial charge in [-0.2, -0.15) is 8.78 Å². The Labute approximate surface area is 252 Å². The van der Waals surface area contributed by atoms with Gasteiger partial charge in [-0.15, -0.1) is 0 Å². The molecule has 3 amide bonds. The molecule has 0 unspecified atom stereocenters. The van der Waals surface area contributed by atoms with E-state index in [1.807, 2.05) is 0 Å². The lowest BCUT2D eigenvalue weighted by Gasteiger charge is -2.38. The molecule has 2 aliphatic rings. The number of alkyl halides is 2. The van der Waals surface area contributed by atoms with E-state index in [0.717, 1.165) is 10.1 Å². The van der Waals surface area contributed by atoms with Gasteiger partial charge in [-0.25, -0.2) is 9.59 Å². The van der Waals surface area contributed by atoms with Gasteiger partial charge in [0.2, 0.25) is 5.91 Å². The predicted octanol–water partition coefficient (Wildman–Crippen LogP) is 4.04. The molecule has 2 aliphatic heterocycles. The van der Waals surface area contributed by atoms with E-state index in [2.05, 4.69) is 10.1 Å². The Kier molecular flexibility index (Phi) is 8.49. The number of likely N-dealkylation sites (tertiary alicyclic amines) is 1. The number of halogens is 2. The molecule has 0 saturated carbocycles. The molecule has 234 valence electrons. The van der Waals surface area contributed by atoms with Crippen LogP contribution in [0.2, 0.25) is 0 Å². The van der Waals surface area contributed by atoms with Gasteiger partial charge in [0.25, 0.3) is 5.56 Å². The van der Waals surface area contributed by atoms with Crippen molar-refractivity contribution in [3.8, 4) is 22.6 Å². The quantitative estimate of drug-likeness (QED) is 0.389. The normalized spacial score (nSPS) is 16.0. The average molecular weight is 612 g/mol. The van der Waals surface area contributed by atoms with Crippen LogP contribution >= 0.6 is 0 Å². The molecule has 13 heteroatoms. The smallest absolute Gasteiger partial charge is 0.394 e. The summed E-state index contributed by atoms with van der Waals surface area (Å²) in [7, 11) is 0. The van der Waals surface area contributed by atoms with Gasteiger partial charge in [-0.05, 0) is 74.6 Å². The van der Waals surface area contributed by atoms with Crippen LogP contribution in [-0.2, 0) is 17.8 Å². The zero-order valence-corrected chi connectivity index (χ0v) is 24.8. The molecule has 5 rings (SSSR count). The molecule has 0 aliphatic carbocycles. The summed E-state index contributed by atoms with van der Waals surface area (Å²) in [4.78, 5) is 56.4. The van der Waals surface area contributed by atoms with E-state index in [1.54, 1.807) is 41.8 Å². The topological polar surface area (TPSA) is 126 Å². The molecule has 1 fully saturated rings. The van der Waals surface area contributed by atoms with Crippen molar-refractivity contribution in [2.75, 3.05) is 25.0 Å². The first-order chi connectivity index (χ1) is 20.8. The maximum atomic E-state index is 13.5. The number of benzene rings is 2. The van der Waals surface area contributed by atoms with Crippen LogP contribution in [0.4, 0.5) is 19.3 Å². The van der Waals surface area contributed by atoms with E-state index in [0.29, 0.717) is 51.5 Å². The number of hydrogen-bond donors (Lipinski definition) is 2. The highest BCUT2D eigenvalue weighted by Gasteiger charge is 2.32. The number of nitrogens with zero attached hydrogens (tertiary/aromatic N) is 4. The van der Waals surface area contributed by atoms with E-state index in [4.69, 9.17) is 0 Å². The van der Waals surface area contributed by atoms with Gasteiger partial charge in [-0.3, -0.25) is 18.7 Å². The first-order valence-corrected chi connectivity index (χ1v) is 14.5. The third-order valence-electron chi connectivity index (χ3n) is 7.92. The number of phenolic OH excluding ortho intramolecular Hbond substituents is 1. The number of amides is 3. The summed E-state index contributed by atoms with van der Waals surface area (Å²) in [5.74, 6) is -0.337. The molecule has 3 aromatic rings. The van der Waals surface area contributed by atoms with Crippen molar-refractivity contribution in [3.63, 3.8) is 0 Å². The van der Waals surface area contributed by atoms with Gasteiger partial charge >= 0.3 is 17.8 Å². The largest absolute Gasteiger partial charge is 0.508 e. The van der Waals surface area contributed by atoms with Gasteiger partial charge in [0.1, 0.15) is 18.0 Å². The van der Waals surface area contributed by atoms with Crippen LogP contribution in [-0.4, -0.2) is 67.8 Å². The van der Waals surface area contributed by atoms with Crippen molar-refractivity contribution in [2.45, 2.75) is 64.8 Å². The highest BCUT2D eigenvalue weighted by atomic mass is 19.3. The Hall–Kier alpha value is -4.68. The Morgan fingerprint density at radius 2 is 1.82 bits per heavy atom. The fourth-order valence-corrected chi connectivity index (χ4v) is 5.78. The number of anilines is 1. The molecule has 1 aromatic heterocycles. The molecule has 0 radical (unpaired) electrons. The zero-order chi connectivity index (χ0) is 31.8. The van der Waals surface area contributed by atoms with Gasteiger partial charge in [0.15, 0.2) is 0 Å². The molecule has 1 saturated heterocycles. The van der Waals surface area contributed by atoms with Crippen molar-refractivity contribution in [1.29, 1.82) is 0 Å². The van der Waals surface area contributed by atoms with Crippen LogP contribution in [0.15, 0.2) is 58.3 Å². The molecule has 2 N–H and O–H groups in total. The van der Waals surface area contributed by atoms with E-state index >= 15 is 0 Å². The Bertz CT molecular complexity index is 1690. The van der Waals surface area contributed by atoms with E-state index < -0.39 is 23.4 Å². The van der Waals surface area contributed by atoms with E-state index in [9.17, 15) is 33.1 Å². The maximum absolute atomic E-state index is 13.5. The Morgan fingerprint density at radius 3 is 2.50 bits per heavy atom. The highest BCUT2D eigenvalue weighted by Crippen LogP contribution is 2.28. The summed E-state index contributed by atoms with van der Waals surface area (Å²) < 4.78 is 33.8. The molecule has 0 spiro atoms. The molecule has 11 nitrogen and oxygen atoms in total. The van der Waals surface area contributed by atoms with Crippen LogP contribution < -0.4 is 21.3 Å². The van der Waals surface area contributed by atoms with Crippen LogP contribution in [0.25, 0.3) is 11.1 Å². The molecule has 2 aromatic carbocycles. The minimum Gasteiger partial charge on any atom is -0.508 e. The molecule has 0 bridgehead atoms. The zero-order valence-electron chi connectivity index (χ0n) is 24.8. The van der Waals surface area contributed by atoms with Crippen LogP contribution in [0.1, 0.15) is 45.2 Å². The molecular weight excluding hydrogens is 576 g/mol. The Morgan fingerprint density at radius 1 is 1.09 bits per heavy atom. The fraction of sp³-hybridized carbons (Fsp3) is 0.419. The summed E-state index contributed by atoms with van der Waals surface area (Å²) >= 11 is 0. The maximum Gasteiger partial charge on any atom is 0.394 e.